The largest absolute Gasteiger partial charge is 0.465 e. The first-order valence-corrected chi connectivity index (χ1v) is 13.8. The molecule has 0 radical (unpaired) electrons. The second-order valence-corrected chi connectivity index (χ2v) is 11.2. The van der Waals surface area contributed by atoms with Gasteiger partial charge >= 0.3 is 5.97 Å². The van der Waals surface area contributed by atoms with Gasteiger partial charge in [-0.15, -0.1) is 0 Å². The number of fused-ring (bicyclic) bond motifs is 2. The van der Waals surface area contributed by atoms with Crippen LogP contribution in [0.15, 0.2) is 54.6 Å². The Morgan fingerprint density at radius 3 is 2.55 bits per heavy atom. The first-order valence-electron chi connectivity index (χ1n) is 13.8. The van der Waals surface area contributed by atoms with Crippen LogP contribution in [0.2, 0.25) is 0 Å². The number of aliphatic hydroxyl groups is 1. The third kappa shape index (κ3) is 4.18. The van der Waals surface area contributed by atoms with Gasteiger partial charge in [0.15, 0.2) is 0 Å². The molecule has 0 saturated carbocycles. The molecule has 2 saturated heterocycles. The van der Waals surface area contributed by atoms with Gasteiger partial charge in [0.25, 0.3) is 0 Å². The summed E-state index contributed by atoms with van der Waals surface area (Å²) < 4.78 is 12.4. The van der Waals surface area contributed by atoms with E-state index in [0.29, 0.717) is 25.9 Å². The van der Waals surface area contributed by atoms with Crippen molar-refractivity contribution in [2.24, 2.45) is 17.8 Å². The van der Waals surface area contributed by atoms with Crippen LogP contribution in [-0.2, 0) is 30.4 Å². The molecule has 0 bridgehead atoms. The van der Waals surface area contributed by atoms with Gasteiger partial charge in [0.1, 0.15) is 17.6 Å². The third-order valence-corrected chi connectivity index (χ3v) is 8.83. The van der Waals surface area contributed by atoms with Gasteiger partial charge < -0.3 is 24.4 Å². The van der Waals surface area contributed by atoms with Crippen molar-refractivity contribution >= 4 is 17.8 Å². The second kappa shape index (κ2) is 10.3. The molecular weight excluding hydrogens is 484 g/mol. The van der Waals surface area contributed by atoms with Crippen molar-refractivity contribution in [3.05, 3.63) is 60.2 Å². The Labute approximate surface area is 224 Å². The average Bonchev–Trinajstić information content (AvgIpc) is 3.26. The van der Waals surface area contributed by atoms with Crippen LogP contribution >= 0.6 is 0 Å². The molecule has 8 heteroatoms. The minimum Gasteiger partial charge on any atom is -0.465 e. The zero-order valence-corrected chi connectivity index (χ0v) is 22.4. The van der Waals surface area contributed by atoms with Crippen LogP contribution in [-0.4, -0.2) is 75.7 Å². The first-order chi connectivity index (χ1) is 18.3. The van der Waals surface area contributed by atoms with Crippen molar-refractivity contribution in [1.82, 2.24) is 9.80 Å². The number of carbonyl (C=O) groups excluding carboxylic acids is 3. The highest BCUT2D eigenvalue weighted by Crippen LogP contribution is 2.57. The van der Waals surface area contributed by atoms with E-state index in [1.807, 2.05) is 75.4 Å². The fourth-order valence-electron chi connectivity index (χ4n) is 6.74. The standard InChI is InChI=1S/C30H38N2O6/c1-4-20(2)22(19-33)32-25-27(35)31(18-21-12-7-5-8-13-21)16-11-15-30(25)23(26(32)34)24-28(36)37-17-10-6-9-14-29(24,3)38-30/h5,7-9,11-15,20,22-25,33H,4,6,10,16-19H2,1-3H3/b14-9-/t20-,22-,23-,24-,25?,29+,30-/m0/s1. The summed E-state index contributed by atoms with van der Waals surface area (Å²) in [6.07, 6.45) is 9.69. The van der Waals surface area contributed by atoms with E-state index in [4.69, 9.17) is 9.47 Å². The molecule has 2 amide bonds. The molecule has 4 heterocycles. The van der Waals surface area contributed by atoms with Crippen LogP contribution < -0.4 is 0 Å². The number of benzene rings is 1. The minimum atomic E-state index is -1.36. The number of cyclic esters (lactones) is 1. The minimum absolute atomic E-state index is 0.0683. The highest BCUT2D eigenvalue weighted by Gasteiger charge is 2.75. The third-order valence-electron chi connectivity index (χ3n) is 8.83. The molecule has 7 atom stereocenters. The second-order valence-electron chi connectivity index (χ2n) is 11.2. The maximum absolute atomic E-state index is 14.4. The van der Waals surface area contributed by atoms with Gasteiger partial charge in [0.05, 0.1) is 30.8 Å². The molecule has 4 aliphatic rings. The molecule has 1 spiro atoms. The summed E-state index contributed by atoms with van der Waals surface area (Å²) in [5.41, 5.74) is -1.50. The Balaban J connectivity index is 1.64. The normalized spacial score (nSPS) is 35.3. The Bertz CT molecular complexity index is 1130. The Morgan fingerprint density at radius 2 is 1.84 bits per heavy atom. The summed E-state index contributed by atoms with van der Waals surface area (Å²) in [6, 6.07) is 8.11. The molecule has 0 aliphatic carbocycles. The van der Waals surface area contributed by atoms with E-state index in [-0.39, 0.29) is 30.9 Å². The summed E-state index contributed by atoms with van der Waals surface area (Å²) in [7, 11) is 0. The number of nitrogens with zero attached hydrogens (tertiary/aromatic N) is 2. The van der Waals surface area contributed by atoms with Crippen molar-refractivity contribution < 1.29 is 29.0 Å². The van der Waals surface area contributed by atoms with Crippen molar-refractivity contribution in [1.29, 1.82) is 0 Å². The lowest BCUT2D eigenvalue weighted by molar-refractivity contribution is -0.162. The fourth-order valence-corrected chi connectivity index (χ4v) is 6.74. The van der Waals surface area contributed by atoms with Crippen molar-refractivity contribution in [2.75, 3.05) is 19.8 Å². The van der Waals surface area contributed by atoms with E-state index in [1.54, 1.807) is 4.90 Å². The van der Waals surface area contributed by atoms with E-state index in [0.717, 1.165) is 12.0 Å². The van der Waals surface area contributed by atoms with Crippen molar-refractivity contribution in [2.45, 2.75) is 69.9 Å². The molecule has 4 aliphatic heterocycles. The van der Waals surface area contributed by atoms with Crippen LogP contribution in [0.1, 0.15) is 45.6 Å². The number of carbonyl (C=O) groups is 3. The lowest BCUT2D eigenvalue weighted by atomic mass is 9.74. The summed E-state index contributed by atoms with van der Waals surface area (Å²) >= 11 is 0. The number of amides is 2. The van der Waals surface area contributed by atoms with E-state index < -0.39 is 41.1 Å². The molecule has 5 rings (SSSR count). The number of ether oxygens (including phenoxy) is 2. The lowest BCUT2D eigenvalue weighted by Crippen LogP contribution is -2.59. The molecule has 8 nitrogen and oxygen atoms in total. The highest BCUT2D eigenvalue weighted by molar-refractivity contribution is 5.99. The van der Waals surface area contributed by atoms with Gasteiger partial charge in [-0.25, -0.2) is 0 Å². The van der Waals surface area contributed by atoms with Crippen LogP contribution in [0.25, 0.3) is 0 Å². The zero-order valence-electron chi connectivity index (χ0n) is 22.4. The van der Waals surface area contributed by atoms with Gasteiger partial charge in [-0.05, 0) is 31.2 Å². The molecule has 1 N–H and O–H groups in total. The smallest absolute Gasteiger partial charge is 0.313 e. The molecule has 2 fully saturated rings. The number of esters is 1. The van der Waals surface area contributed by atoms with Crippen molar-refractivity contribution in [3.63, 3.8) is 0 Å². The monoisotopic (exact) mass is 522 g/mol. The summed E-state index contributed by atoms with van der Waals surface area (Å²) in [5.74, 6) is -2.99. The van der Waals surface area contributed by atoms with E-state index in [2.05, 4.69) is 0 Å². The van der Waals surface area contributed by atoms with Crippen LogP contribution in [0.4, 0.5) is 0 Å². The predicted molar refractivity (Wildman–Crippen MR) is 140 cm³/mol. The summed E-state index contributed by atoms with van der Waals surface area (Å²) in [4.78, 5) is 45.6. The number of likely N-dealkylation sites (tertiary alicyclic amines) is 1. The van der Waals surface area contributed by atoms with Gasteiger partial charge in [-0.2, -0.15) is 0 Å². The Morgan fingerprint density at radius 1 is 1.08 bits per heavy atom. The molecule has 1 aromatic rings. The van der Waals surface area contributed by atoms with Gasteiger partial charge in [-0.3, -0.25) is 14.4 Å². The van der Waals surface area contributed by atoms with Crippen LogP contribution in [0, 0.1) is 17.8 Å². The number of hydrogen-bond donors (Lipinski definition) is 1. The number of hydrogen-bond acceptors (Lipinski definition) is 6. The fraction of sp³-hybridized carbons (Fsp3) is 0.567. The van der Waals surface area contributed by atoms with Gasteiger partial charge in [0.2, 0.25) is 11.8 Å². The zero-order chi connectivity index (χ0) is 27.1. The van der Waals surface area contributed by atoms with Crippen LogP contribution in [0.5, 0.6) is 0 Å². The number of allylic oxidation sites excluding steroid dienone is 1. The SMILES string of the molecule is CC[C@H](C)[C@H](CO)N1C(=O)[C@@H]2[C@H]3C(=O)OCCC/C=C\[C@@]3(C)O[C@@]23C=CCN(Cc2ccccc2)C(=O)C13. The van der Waals surface area contributed by atoms with E-state index in [1.165, 1.54) is 4.90 Å². The summed E-state index contributed by atoms with van der Waals surface area (Å²) in [6.45, 7) is 6.47. The quantitative estimate of drug-likeness (QED) is 0.456. The van der Waals surface area contributed by atoms with Gasteiger partial charge in [0, 0.05) is 13.1 Å². The first kappa shape index (κ1) is 26.6. The molecular formula is C30H38N2O6. The maximum atomic E-state index is 14.4. The predicted octanol–water partition coefficient (Wildman–Crippen LogP) is 2.86. The highest BCUT2D eigenvalue weighted by atomic mass is 16.6. The van der Waals surface area contributed by atoms with Gasteiger partial charge in [-0.1, -0.05) is 74.9 Å². The lowest BCUT2D eigenvalue weighted by Gasteiger charge is -2.41. The molecule has 204 valence electrons. The van der Waals surface area contributed by atoms with E-state index in [9.17, 15) is 19.5 Å². The molecule has 38 heavy (non-hydrogen) atoms. The Hall–Kier alpha value is -2.97. The summed E-state index contributed by atoms with van der Waals surface area (Å²) in [5, 5.41) is 10.5. The van der Waals surface area contributed by atoms with E-state index >= 15 is 0 Å². The molecule has 1 aromatic carbocycles. The number of rotatable bonds is 6. The maximum Gasteiger partial charge on any atom is 0.313 e. The van der Waals surface area contributed by atoms with Crippen molar-refractivity contribution in [3.8, 4) is 0 Å². The molecule has 1 unspecified atom stereocenters. The van der Waals surface area contributed by atoms with Crippen LogP contribution in [0.3, 0.4) is 0 Å². The Kier molecular flexibility index (Phi) is 7.22. The number of aliphatic hydroxyl groups excluding tert-OH is 1. The topological polar surface area (TPSA) is 96.4 Å². The average molecular weight is 523 g/mol. The molecule has 0 aromatic heterocycles.